The highest BCUT2D eigenvalue weighted by molar-refractivity contribution is 5.88. The summed E-state index contributed by atoms with van der Waals surface area (Å²) in [7, 11) is 0. The van der Waals surface area contributed by atoms with Crippen molar-refractivity contribution in [2.75, 3.05) is 37.7 Å². The van der Waals surface area contributed by atoms with E-state index in [0.29, 0.717) is 13.1 Å². The molecule has 6 nitrogen and oxygen atoms in total. The summed E-state index contributed by atoms with van der Waals surface area (Å²) in [6.07, 6.45) is 3.32. The average molecular weight is 388 g/mol. The number of carbonyl (C=O) groups excluding carboxylic acids is 1. The van der Waals surface area contributed by atoms with Crippen molar-refractivity contribution in [3.63, 3.8) is 0 Å². The van der Waals surface area contributed by atoms with E-state index < -0.39 is 0 Å². The molecule has 1 saturated heterocycles. The summed E-state index contributed by atoms with van der Waals surface area (Å²) < 4.78 is 5.87. The molecule has 2 aliphatic rings. The first-order chi connectivity index (χ1) is 14.3. The Kier molecular flexibility index (Phi) is 4.76. The van der Waals surface area contributed by atoms with Crippen LogP contribution < -0.4 is 9.64 Å². The van der Waals surface area contributed by atoms with Crippen LogP contribution in [-0.4, -0.2) is 53.8 Å². The number of aromatic nitrogens is 2. The molecule has 2 aromatic carbocycles. The van der Waals surface area contributed by atoms with Gasteiger partial charge in [0.2, 0.25) is 0 Å². The number of carbonyl (C=O) groups is 1. The molecule has 0 spiro atoms. The summed E-state index contributed by atoms with van der Waals surface area (Å²) in [5, 5.41) is 10.9. The van der Waals surface area contributed by atoms with Crippen molar-refractivity contribution in [3.05, 3.63) is 59.8 Å². The molecule has 29 heavy (non-hydrogen) atoms. The maximum Gasteiger partial charge on any atom is 0.260 e. The zero-order valence-electron chi connectivity index (χ0n) is 16.4. The molecular weight excluding hydrogens is 364 g/mol. The SMILES string of the molecule is O=C(COc1cccc2ccccc12)N1CCN(c2cc3c(nn2)CCC3)CC1. The van der Waals surface area contributed by atoms with Gasteiger partial charge < -0.3 is 14.5 Å². The number of hydrogen-bond donors (Lipinski definition) is 0. The molecule has 1 amide bonds. The molecular formula is C23H24N4O2. The van der Waals surface area contributed by atoms with E-state index in [4.69, 9.17) is 4.74 Å². The second-order valence-corrected chi connectivity index (χ2v) is 7.66. The third-order valence-electron chi connectivity index (χ3n) is 5.86. The molecule has 6 heteroatoms. The Hall–Kier alpha value is -3.15. The monoisotopic (exact) mass is 388 g/mol. The first-order valence-corrected chi connectivity index (χ1v) is 10.3. The van der Waals surface area contributed by atoms with Crippen molar-refractivity contribution < 1.29 is 9.53 Å². The van der Waals surface area contributed by atoms with Crippen LogP contribution in [0.15, 0.2) is 48.5 Å². The molecule has 0 N–H and O–H groups in total. The van der Waals surface area contributed by atoms with E-state index in [1.807, 2.05) is 47.4 Å². The van der Waals surface area contributed by atoms with Crippen LogP contribution in [0.5, 0.6) is 5.75 Å². The third-order valence-corrected chi connectivity index (χ3v) is 5.86. The predicted octanol–water partition coefficient (Wildman–Crippen LogP) is 2.85. The maximum atomic E-state index is 12.7. The van der Waals surface area contributed by atoms with Gasteiger partial charge in [0.05, 0.1) is 5.69 Å². The van der Waals surface area contributed by atoms with Crippen LogP contribution in [0.25, 0.3) is 10.8 Å². The van der Waals surface area contributed by atoms with Crippen LogP contribution in [0.1, 0.15) is 17.7 Å². The Bertz CT molecular complexity index is 1040. The van der Waals surface area contributed by atoms with Gasteiger partial charge in [0, 0.05) is 31.6 Å². The molecule has 2 heterocycles. The lowest BCUT2D eigenvalue weighted by Crippen LogP contribution is -2.50. The summed E-state index contributed by atoms with van der Waals surface area (Å²) in [4.78, 5) is 16.8. The second kappa shape index (κ2) is 7.70. The fraction of sp³-hybridized carbons (Fsp3) is 0.348. The van der Waals surface area contributed by atoms with Crippen molar-refractivity contribution in [1.82, 2.24) is 15.1 Å². The van der Waals surface area contributed by atoms with Crippen molar-refractivity contribution in [1.29, 1.82) is 0 Å². The van der Waals surface area contributed by atoms with Gasteiger partial charge in [0.15, 0.2) is 12.4 Å². The second-order valence-electron chi connectivity index (χ2n) is 7.66. The van der Waals surface area contributed by atoms with Gasteiger partial charge >= 0.3 is 0 Å². The number of piperazine rings is 1. The number of hydrogen-bond acceptors (Lipinski definition) is 5. The minimum atomic E-state index is 0.0256. The van der Waals surface area contributed by atoms with Gasteiger partial charge in [-0.1, -0.05) is 36.4 Å². The van der Waals surface area contributed by atoms with E-state index in [1.165, 1.54) is 12.0 Å². The largest absolute Gasteiger partial charge is 0.483 e. The van der Waals surface area contributed by atoms with E-state index in [-0.39, 0.29) is 12.5 Å². The molecule has 0 radical (unpaired) electrons. The molecule has 148 valence electrons. The topological polar surface area (TPSA) is 58.6 Å². The van der Waals surface area contributed by atoms with Gasteiger partial charge in [-0.2, -0.15) is 5.10 Å². The standard InChI is InChI=1S/C23H24N4O2/c28-23(16-29-21-10-4-6-17-5-1-2-8-19(17)21)27-13-11-26(12-14-27)22-15-18-7-3-9-20(18)24-25-22/h1-2,4-6,8,10,15H,3,7,9,11-14,16H2. The Morgan fingerprint density at radius 1 is 0.966 bits per heavy atom. The van der Waals surface area contributed by atoms with Crippen molar-refractivity contribution in [3.8, 4) is 5.75 Å². The van der Waals surface area contributed by atoms with Crippen molar-refractivity contribution in [2.24, 2.45) is 0 Å². The summed E-state index contributed by atoms with van der Waals surface area (Å²) in [5.41, 5.74) is 2.48. The number of ether oxygens (including phenoxy) is 1. The molecule has 0 bridgehead atoms. The molecule has 0 saturated carbocycles. The molecule has 0 atom stereocenters. The lowest BCUT2D eigenvalue weighted by Gasteiger charge is -2.35. The molecule has 0 unspecified atom stereocenters. The van der Waals surface area contributed by atoms with Crippen LogP contribution >= 0.6 is 0 Å². The lowest BCUT2D eigenvalue weighted by molar-refractivity contribution is -0.133. The highest BCUT2D eigenvalue weighted by atomic mass is 16.5. The lowest BCUT2D eigenvalue weighted by atomic mass is 10.1. The van der Waals surface area contributed by atoms with Crippen LogP contribution in [-0.2, 0) is 17.6 Å². The van der Waals surface area contributed by atoms with Gasteiger partial charge in [-0.05, 0) is 42.3 Å². The first-order valence-electron chi connectivity index (χ1n) is 10.3. The quantitative estimate of drug-likeness (QED) is 0.688. The summed E-state index contributed by atoms with van der Waals surface area (Å²) in [5.74, 6) is 1.71. The summed E-state index contributed by atoms with van der Waals surface area (Å²) >= 11 is 0. The molecule has 3 aromatic rings. The van der Waals surface area contributed by atoms with Crippen LogP contribution in [0.4, 0.5) is 5.82 Å². The summed E-state index contributed by atoms with van der Waals surface area (Å²) in [6, 6.07) is 16.1. The predicted molar refractivity (Wildman–Crippen MR) is 112 cm³/mol. The van der Waals surface area contributed by atoms with Crippen molar-refractivity contribution >= 4 is 22.5 Å². The maximum absolute atomic E-state index is 12.7. The number of aryl methyl sites for hydroxylation is 2. The minimum Gasteiger partial charge on any atom is -0.483 e. The minimum absolute atomic E-state index is 0.0256. The van der Waals surface area contributed by atoms with E-state index >= 15 is 0 Å². The van der Waals surface area contributed by atoms with Gasteiger partial charge in [-0.3, -0.25) is 4.79 Å². The zero-order valence-corrected chi connectivity index (χ0v) is 16.4. The van der Waals surface area contributed by atoms with E-state index in [2.05, 4.69) is 21.2 Å². The number of fused-ring (bicyclic) bond motifs is 2. The van der Waals surface area contributed by atoms with Gasteiger partial charge in [-0.15, -0.1) is 5.10 Å². The fourth-order valence-electron chi connectivity index (χ4n) is 4.21. The van der Waals surface area contributed by atoms with E-state index in [9.17, 15) is 4.79 Å². The van der Waals surface area contributed by atoms with Gasteiger partial charge in [-0.25, -0.2) is 0 Å². The zero-order chi connectivity index (χ0) is 19.6. The number of nitrogens with zero attached hydrogens (tertiary/aromatic N) is 4. The molecule has 1 aromatic heterocycles. The Morgan fingerprint density at radius 2 is 1.79 bits per heavy atom. The van der Waals surface area contributed by atoms with Gasteiger partial charge in [0.1, 0.15) is 5.75 Å². The summed E-state index contributed by atoms with van der Waals surface area (Å²) in [6.45, 7) is 2.96. The van der Waals surface area contributed by atoms with Crippen molar-refractivity contribution in [2.45, 2.75) is 19.3 Å². The first kappa shape index (κ1) is 17.9. The number of anilines is 1. The van der Waals surface area contributed by atoms with Crippen LogP contribution in [0.2, 0.25) is 0 Å². The Morgan fingerprint density at radius 3 is 2.69 bits per heavy atom. The highest BCUT2D eigenvalue weighted by Crippen LogP contribution is 2.26. The Balaban J connectivity index is 1.18. The Labute approximate surface area is 170 Å². The fourth-order valence-corrected chi connectivity index (χ4v) is 4.21. The average Bonchev–Trinajstić information content (AvgIpc) is 3.25. The smallest absolute Gasteiger partial charge is 0.260 e. The van der Waals surface area contributed by atoms with Crippen LogP contribution in [0, 0.1) is 0 Å². The van der Waals surface area contributed by atoms with E-state index in [1.54, 1.807) is 0 Å². The number of amides is 1. The normalized spacial score (nSPS) is 16.1. The molecule has 1 fully saturated rings. The molecule has 5 rings (SSSR count). The number of benzene rings is 2. The number of rotatable bonds is 4. The molecule has 1 aliphatic heterocycles. The van der Waals surface area contributed by atoms with Crippen LogP contribution in [0.3, 0.4) is 0 Å². The van der Waals surface area contributed by atoms with E-state index in [0.717, 1.165) is 54.0 Å². The third kappa shape index (κ3) is 3.62. The van der Waals surface area contributed by atoms with Gasteiger partial charge in [0.25, 0.3) is 5.91 Å². The molecule has 1 aliphatic carbocycles. The highest BCUT2D eigenvalue weighted by Gasteiger charge is 2.24.